The Morgan fingerprint density at radius 1 is 1.12 bits per heavy atom. The number of carbonyl (C=O) groups is 1. The summed E-state index contributed by atoms with van der Waals surface area (Å²) in [7, 11) is -1.86. The zero-order valence-corrected chi connectivity index (χ0v) is 16.3. The molecule has 2 aromatic carbocycles. The van der Waals surface area contributed by atoms with Gasteiger partial charge in [0.1, 0.15) is 0 Å². The molecule has 0 aliphatic rings. The molecule has 0 heterocycles. The molecule has 1 N–H and O–H groups in total. The Hall–Kier alpha value is -2.34. The molecule has 1 amide bonds. The van der Waals surface area contributed by atoms with Gasteiger partial charge in [0.05, 0.1) is 11.4 Å². The molecule has 0 aromatic heterocycles. The maximum atomic E-state index is 12.5. The van der Waals surface area contributed by atoms with Crippen LogP contribution in [0.15, 0.2) is 54.6 Å². The highest BCUT2D eigenvalue weighted by Gasteiger charge is 2.17. The number of carbonyl (C=O) groups excluding carboxylic acids is 1. The molecule has 26 heavy (non-hydrogen) atoms. The predicted molar refractivity (Wildman–Crippen MR) is 106 cm³/mol. The first kappa shape index (κ1) is 20.0. The van der Waals surface area contributed by atoms with Crippen molar-refractivity contribution < 1.29 is 13.2 Å². The molecule has 140 valence electrons. The predicted octanol–water partition coefficient (Wildman–Crippen LogP) is 3.22. The van der Waals surface area contributed by atoms with Gasteiger partial charge in [0, 0.05) is 18.7 Å². The Morgan fingerprint density at radius 2 is 1.81 bits per heavy atom. The fourth-order valence-corrected chi connectivity index (χ4v) is 3.43. The van der Waals surface area contributed by atoms with E-state index in [-0.39, 0.29) is 17.7 Å². The number of hydrogen-bond donors (Lipinski definition) is 1. The van der Waals surface area contributed by atoms with Crippen molar-refractivity contribution in [3.63, 3.8) is 0 Å². The first-order valence-electron chi connectivity index (χ1n) is 8.75. The summed E-state index contributed by atoms with van der Waals surface area (Å²) < 4.78 is 25.2. The van der Waals surface area contributed by atoms with Crippen molar-refractivity contribution in [2.75, 3.05) is 17.1 Å². The minimum atomic E-state index is -3.35. The molecule has 6 heteroatoms. The Balaban J connectivity index is 2.00. The minimum Gasteiger partial charge on any atom is -0.350 e. The minimum absolute atomic E-state index is 0.0104. The highest BCUT2D eigenvalue weighted by atomic mass is 32.2. The maximum absolute atomic E-state index is 12.5. The molecule has 0 aliphatic heterocycles. The van der Waals surface area contributed by atoms with Gasteiger partial charge in [-0.05, 0) is 50.5 Å². The lowest BCUT2D eigenvalue weighted by Gasteiger charge is -2.19. The molecular weight excluding hydrogens is 348 g/mol. The molecule has 0 saturated heterocycles. The molecule has 0 fully saturated rings. The Labute approximate surface area is 156 Å². The number of nitrogens with zero attached hydrogens (tertiary/aromatic N) is 1. The summed E-state index contributed by atoms with van der Waals surface area (Å²) in [5.74, 6) is -0.189. The van der Waals surface area contributed by atoms with Crippen LogP contribution in [0, 0.1) is 0 Å². The Kier molecular flexibility index (Phi) is 6.80. The van der Waals surface area contributed by atoms with Gasteiger partial charge in [-0.2, -0.15) is 0 Å². The molecular formula is C20H26N2O3S. The van der Waals surface area contributed by atoms with Gasteiger partial charge in [-0.25, -0.2) is 8.42 Å². The molecule has 0 bridgehead atoms. The van der Waals surface area contributed by atoms with Gasteiger partial charge in [0.25, 0.3) is 5.91 Å². The lowest BCUT2D eigenvalue weighted by Crippen LogP contribution is -2.33. The topological polar surface area (TPSA) is 66.5 Å². The van der Waals surface area contributed by atoms with E-state index in [2.05, 4.69) is 17.4 Å². The molecule has 2 aromatic rings. The van der Waals surface area contributed by atoms with E-state index in [1.54, 1.807) is 31.2 Å². The van der Waals surface area contributed by atoms with Crippen molar-refractivity contribution in [1.82, 2.24) is 5.32 Å². The van der Waals surface area contributed by atoms with E-state index in [0.29, 0.717) is 11.3 Å². The van der Waals surface area contributed by atoms with Gasteiger partial charge >= 0.3 is 0 Å². The van der Waals surface area contributed by atoms with Crippen molar-refractivity contribution in [2.24, 2.45) is 0 Å². The van der Waals surface area contributed by atoms with Gasteiger partial charge < -0.3 is 5.32 Å². The van der Waals surface area contributed by atoms with Crippen molar-refractivity contribution in [1.29, 1.82) is 0 Å². The monoisotopic (exact) mass is 374 g/mol. The lowest BCUT2D eigenvalue weighted by molar-refractivity contribution is 0.0938. The third-order valence-electron chi connectivity index (χ3n) is 4.34. The van der Waals surface area contributed by atoms with Crippen molar-refractivity contribution in [3.05, 3.63) is 65.7 Å². The van der Waals surface area contributed by atoms with Crippen LogP contribution in [0.3, 0.4) is 0 Å². The normalized spacial score (nSPS) is 12.4. The maximum Gasteiger partial charge on any atom is 0.251 e. The van der Waals surface area contributed by atoms with Gasteiger partial charge in [-0.3, -0.25) is 9.10 Å². The Morgan fingerprint density at radius 3 is 2.46 bits per heavy atom. The number of benzene rings is 2. The summed E-state index contributed by atoms with van der Waals surface area (Å²) in [5, 5.41) is 2.98. The highest BCUT2D eigenvalue weighted by molar-refractivity contribution is 7.92. The first-order valence-corrected chi connectivity index (χ1v) is 10.4. The fourth-order valence-electron chi connectivity index (χ4n) is 2.60. The average molecular weight is 375 g/mol. The van der Waals surface area contributed by atoms with Gasteiger partial charge in [-0.1, -0.05) is 36.4 Å². The average Bonchev–Trinajstić information content (AvgIpc) is 2.66. The molecule has 0 unspecified atom stereocenters. The SMILES string of the molecule is CCS(=O)(=O)N(C)c1cccc(C(=O)N[C@H](C)CCc2ccccc2)c1. The van der Waals surface area contributed by atoms with Crippen molar-refractivity contribution >= 4 is 21.6 Å². The van der Waals surface area contributed by atoms with Gasteiger partial charge in [0.2, 0.25) is 10.0 Å². The van der Waals surface area contributed by atoms with Crippen LogP contribution in [0.1, 0.15) is 36.2 Å². The number of rotatable bonds is 8. The largest absolute Gasteiger partial charge is 0.350 e. The summed E-state index contributed by atoms with van der Waals surface area (Å²) >= 11 is 0. The number of nitrogens with one attached hydrogen (secondary N) is 1. The number of sulfonamides is 1. The van der Waals surface area contributed by atoms with E-state index in [4.69, 9.17) is 0 Å². The summed E-state index contributed by atoms with van der Waals surface area (Å²) in [6.45, 7) is 3.56. The van der Waals surface area contributed by atoms with E-state index >= 15 is 0 Å². The summed E-state index contributed by atoms with van der Waals surface area (Å²) in [6.07, 6.45) is 1.72. The van der Waals surface area contributed by atoms with Crippen LogP contribution in [0.4, 0.5) is 5.69 Å². The van der Waals surface area contributed by atoms with Crippen LogP contribution in [0.2, 0.25) is 0 Å². The standard InChI is InChI=1S/C20H26N2O3S/c1-4-26(24,25)22(3)19-12-8-11-18(15-19)20(23)21-16(2)13-14-17-9-6-5-7-10-17/h5-12,15-16H,4,13-14H2,1-3H3,(H,21,23)/t16-/m1/s1. The molecule has 1 atom stereocenters. The Bertz CT molecular complexity index is 835. The van der Waals surface area contributed by atoms with E-state index in [1.165, 1.54) is 16.9 Å². The summed E-state index contributed by atoms with van der Waals surface area (Å²) in [5.41, 5.74) is 2.17. The van der Waals surface area contributed by atoms with Crippen LogP contribution >= 0.6 is 0 Å². The van der Waals surface area contributed by atoms with Gasteiger partial charge in [-0.15, -0.1) is 0 Å². The first-order chi connectivity index (χ1) is 12.3. The second kappa shape index (κ2) is 8.85. The van der Waals surface area contributed by atoms with E-state index in [0.717, 1.165) is 12.8 Å². The highest BCUT2D eigenvalue weighted by Crippen LogP contribution is 2.18. The molecule has 0 radical (unpaired) electrons. The number of hydrogen-bond acceptors (Lipinski definition) is 3. The number of anilines is 1. The molecule has 0 spiro atoms. The molecule has 2 rings (SSSR count). The van der Waals surface area contributed by atoms with E-state index in [1.807, 2.05) is 25.1 Å². The van der Waals surface area contributed by atoms with E-state index < -0.39 is 10.0 Å². The third-order valence-corrected chi connectivity index (χ3v) is 6.12. The zero-order valence-electron chi connectivity index (χ0n) is 15.5. The van der Waals surface area contributed by atoms with Gasteiger partial charge in [0.15, 0.2) is 0 Å². The van der Waals surface area contributed by atoms with Crippen LogP contribution in [0.25, 0.3) is 0 Å². The summed E-state index contributed by atoms with van der Waals surface area (Å²) in [6, 6.07) is 16.8. The zero-order chi connectivity index (χ0) is 19.2. The second-order valence-electron chi connectivity index (χ2n) is 6.32. The second-order valence-corrected chi connectivity index (χ2v) is 8.61. The molecule has 0 aliphatic carbocycles. The van der Waals surface area contributed by atoms with E-state index in [9.17, 15) is 13.2 Å². The third kappa shape index (κ3) is 5.33. The van der Waals surface area contributed by atoms with Crippen LogP contribution in [-0.4, -0.2) is 33.2 Å². The fraction of sp³-hybridized carbons (Fsp3) is 0.350. The molecule has 0 saturated carbocycles. The quantitative estimate of drug-likeness (QED) is 0.771. The van der Waals surface area contributed by atoms with Crippen molar-refractivity contribution in [3.8, 4) is 0 Å². The van der Waals surface area contributed by atoms with Crippen LogP contribution in [0.5, 0.6) is 0 Å². The molecule has 5 nitrogen and oxygen atoms in total. The number of aryl methyl sites for hydroxylation is 1. The number of amides is 1. The van der Waals surface area contributed by atoms with Crippen LogP contribution < -0.4 is 9.62 Å². The summed E-state index contributed by atoms with van der Waals surface area (Å²) in [4.78, 5) is 12.5. The lowest BCUT2D eigenvalue weighted by atomic mass is 10.1. The van der Waals surface area contributed by atoms with Crippen molar-refractivity contribution in [2.45, 2.75) is 32.7 Å². The van der Waals surface area contributed by atoms with Crippen LogP contribution in [-0.2, 0) is 16.4 Å². The smallest absolute Gasteiger partial charge is 0.251 e.